The van der Waals surface area contributed by atoms with Crippen LogP contribution < -0.4 is 10.6 Å². The molecule has 3 aromatic heterocycles. The Morgan fingerprint density at radius 3 is 2.44 bits per heavy atom. The zero-order valence-electron chi connectivity index (χ0n) is 23.2. The van der Waals surface area contributed by atoms with E-state index in [2.05, 4.69) is 32.5 Å². The van der Waals surface area contributed by atoms with Crippen molar-refractivity contribution in [3.8, 4) is 28.5 Å². The molecule has 0 saturated carbocycles. The third-order valence-corrected chi connectivity index (χ3v) is 6.58. The van der Waals surface area contributed by atoms with Crippen LogP contribution in [0, 0.1) is 6.92 Å². The summed E-state index contributed by atoms with van der Waals surface area (Å²) in [6.07, 6.45) is 2.33. The van der Waals surface area contributed by atoms with E-state index < -0.39 is 17.4 Å². The summed E-state index contributed by atoms with van der Waals surface area (Å²) < 4.78 is 16.9. The molecule has 0 aliphatic rings. The second-order valence-electron chi connectivity index (χ2n) is 10.1. The summed E-state index contributed by atoms with van der Waals surface area (Å²) in [6, 6.07) is 15.7. The molecule has 0 fully saturated rings. The van der Waals surface area contributed by atoms with Crippen LogP contribution >= 0.6 is 0 Å². The van der Waals surface area contributed by atoms with Gasteiger partial charge in [0.25, 0.3) is 0 Å². The van der Waals surface area contributed by atoms with Crippen molar-refractivity contribution in [2.24, 2.45) is 0 Å². The Balaban J connectivity index is 1.53. The maximum absolute atomic E-state index is 13.5. The van der Waals surface area contributed by atoms with Crippen LogP contribution in [-0.4, -0.2) is 41.3 Å². The minimum absolute atomic E-state index is 0.0297. The van der Waals surface area contributed by atoms with Gasteiger partial charge in [-0.25, -0.2) is 14.6 Å². The van der Waals surface area contributed by atoms with Crippen molar-refractivity contribution in [3.63, 3.8) is 0 Å². The number of carbonyl (C=O) groups excluding carboxylic acids is 1. The first-order valence-corrected chi connectivity index (χ1v) is 13.2. The van der Waals surface area contributed by atoms with Gasteiger partial charge in [-0.15, -0.1) is 10.2 Å². The number of nitrogens with one attached hydrogen (secondary N) is 1. The monoisotopic (exact) mass is 558 g/mol. The number of tetrazole rings is 1. The molecule has 0 aliphatic heterocycles. The molecule has 2 aromatic carbocycles. The summed E-state index contributed by atoms with van der Waals surface area (Å²) in [7, 11) is 0. The lowest BCUT2D eigenvalue weighted by atomic mass is 9.98. The number of rotatable bonds is 10. The van der Waals surface area contributed by atoms with Gasteiger partial charge in [0.05, 0.1) is 0 Å². The standard InChI is InChI=1S/C29H30N6O6/c1-5-6-11-22-30-24(29(3,4)38)23(26(36)40-27-17(2)39-28(37)41-27)35(22)16-18-12-14-19(15-13-18)20-9-7-8-10-21(20)25-31-33-34-32-25/h7-10,12-15,38H,5-6,11,16H2,1-4H3,(H,31,32,33,34). The fourth-order valence-corrected chi connectivity index (χ4v) is 4.57. The van der Waals surface area contributed by atoms with E-state index in [4.69, 9.17) is 13.6 Å². The summed E-state index contributed by atoms with van der Waals surface area (Å²) in [5.74, 6) is -0.986. The highest BCUT2D eigenvalue weighted by Gasteiger charge is 2.33. The van der Waals surface area contributed by atoms with E-state index in [1.165, 1.54) is 6.92 Å². The highest BCUT2D eigenvalue weighted by atomic mass is 16.7. The molecule has 5 aromatic rings. The molecule has 0 aliphatic carbocycles. The van der Waals surface area contributed by atoms with Crippen LogP contribution in [0.4, 0.5) is 0 Å². The van der Waals surface area contributed by atoms with E-state index in [9.17, 15) is 14.7 Å². The maximum Gasteiger partial charge on any atom is 0.521 e. The number of ether oxygens (including phenoxy) is 1. The maximum atomic E-state index is 13.5. The van der Waals surface area contributed by atoms with Crippen molar-refractivity contribution in [2.45, 2.75) is 59.1 Å². The highest BCUT2D eigenvalue weighted by Crippen LogP contribution is 2.31. The number of esters is 1. The molecule has 212 valence electrons. The molecular weight excluding hydrogens is 528 g/mol. The van der Waals surface area contributed by atoms with E-state index in [0.717, 1.165) is 35.1 Å². The van der Waals surface area contributed by atoms with Gasteiger partial charge in [0.2, 0.25) is 5.82 Å². The van der Waals surface area contributed by atoms with Crippen molar-refractivity contribution >= 4 is 5.97 Å². The van der Waals surface area contributed by atoms with Crippen LogP contribution in [-0.2, 0) is 18.6 Å². The van der Waals surface area contributed by atoms with Crippen molar-refractivity contribution in [3.05, 3.63) is 87.7 Å². The number of aromatic nitrogens is 6. The molecule has 2 N–H and O–H groups in total. The van der Waals surface area contributed by atoms with Gasteiger partial charge >= 0.3 is 17.7 Å². The second kappa shape index (κ2) is 11.3. The third kappa shape index (κ3) is 5.87. The number of carbonyl (C=O) groups is 1. The average Bonchev–Trinajstić information content (AvgIpc) is 3.67. The topological polar surface area (TPSA) is 162 Å². The third-order valence-electron chi connectivity index (χ3n) is 6.58. The average molecular weight is 559 g/mol. The van der Waals surface area contributed by atoms with Gasteiger partial charge in [-0.2, -0.15) is 5.21 Å². The van der Waals surface area contributed by atoms with Gasteiger partial charge in [0.15, 0.2) is 11.5 Å². The van der Waals surface area contributed by atoms with E-state index in [0.29, 0.717) is 18.1 Å². The molecule has 0 amide bonds. The van der Waals surface area contributed by atoms with Crippen LogP contribution in [0.3, 0.4) is 0 Å². The fourth-order valence-electron chi connectivity index (χ4n) is 4.57. The number of hydrogen-bond acceptors (Lipinski definition) is 10. The molecule has 0 atom stereocenters. The molecule has 0 spiro atoms. The fraction of sp³-hybridized carbons (Fsp3) is 0.310. The van der Waals surface area contributed by atoms with Gasteiger partial charge in [-0.05, 0) is 42.2 Å². The number of aliphatic hydroxyl groups is 1. The zero-order chi connectivity index (χ0) is 29.1. The summed E-state index contributed by atoms with van der Waals surface area (Å²) in [4.78, 5) is 29.7. The number of benzene rings is 2. The SMILES string of the molecule is CCCCc1nc(C(C)(C)O)c(C(=O)Oc2oc(=O)oc2C)n1Cc1ccc(-c2ccccc2-c2nn[nH]n2)cc1. The molecule has 0 bridgehead atoms. The Morgan fingerprint density at radius 1 is 1.10 bits per heavy atom. The molecular formula is C29H30N6O6. The lowest BCUT2D eigenvalue weighted by Gasteiger charge is -2.17. The molecule has 0 saturated heterocycles. The number of aromatic amines is 1. The zero-order valence-corrected chi connectivity index (χ0v) is 23.2. The summed E-state index contributed by atoms with van der Waals surface area (Å²) in [6.45, 7) is 6.91. The number of imidazole rings is 1. The summed E-state index contributed by atoms with van der Waals surface area (Å²) in [5.41, 5.74) is 2.41. The number of aryl methyl sites for hydroxylation is 2. The largest absolute Gasteiger partial charge is 0.521 e. The number of nitrogens with zero attached hydrogens (tertiary/aromatic N) is 5. The van der Waals surface area contributed by atoms with E-state index >= 15 is 0 Å². The lowest BCUT2D eigenvalue weighted by molar-refractivity contribution is 0.0599. The van der Waals surface area contributed by atoms with E-state index in [1.54, 1.807) is 18.4 Å². The van der Waals surface area contributed by atoms with E-state index in [1.807, 2.05) is 48.5 Å². The molecule has 0 radical (unpaired) electrons. The van der Waals surface area contributed by atoms with Crippen LogP contribution in [0.25, 0.3) is 22.5 Å². The number of H-pyrrole nitrogens is 1. The van der Waals surface area contributed by atoms with Crippen LogP contribution in [0.5, 0.6) is 5.95 Å². The Hall–Kier alpha value is -4.84. The van der Waals surface area contributed by atoms with Crippen LogP contribution in [0.2, 0.25) is 0 Å². The molecule has 12 heteroatoms. The highest BCUT2D eigenvalue weighted by molar-refractivity contribution is 5.91. The number of hydrogen-bond donors (Lipinski definition) is 2. The van der Waals surface area contributed by atoms with Gasteiger partial charge in [-0.3, -0.25) is 0 Å². The van der Waals surface area contributed by atoms with Crippen LogP contribution in [0.15, 0.2) is 62.2 Å². The normalized spacial score (nSPS) is 11.6. The minimum atomic E-state index is -1.45. The van der Waals surface area contributed by atoms with Crippen molar-refractivity contribution in [1.82, 2.24) is 30.2 Å². The quantitative estimate of drug-likeness (QED) is 0.235. The lowest BCUT2D eigenvalue weighted by Crippen LogP contribution is -2.24. The number of unbranched alkanes of at least 4 members (excludes halogenated alkanes) is 1. The first-order valence-electron chi connectivity index (χ1n) is 13.2. The van der Waals surface area contributed by atoms with Crippen molar-refractivity contribution in [1.29, 1.82) is 0 Å². The Kier molecular flexibility index (Phi) is 7.66. The minimum Gasteiger partial charge on any atom is -0.392 e. The second-order valence-corrected chi connectivity index (χ2v) is 10.1. The molecule has 5 rings (SSSR count). The first-order chi connectivity index (χ1) is 19.7. The van der Waals surface area contributed by atoms with Gasteiger partial charge in [0, 0.05) is 25.5 Å². The Labute approximate surface area is 235 Å². The summed E-state index contributed by atoms with van der Waals surface area (Å²) in [5, 5.41) is 25.3. The Morgan fingerprint density at radius 2 is 1.83 bits per heavy atom. The smallest absolute Gasteiger partial charge is 0.392 e. The van der Waals surface area contributed by atoms with Crippen molar-refractivity contribution in [2.75, 3.05) is 0 Å². The first kappa shape index (κ1) is 27.7. The Bertz CT molecular complexity index is 1710. The van der Waals surface area contributed by atoms with Gasteiger partial charge in [0.1, 0.15) is 17.1 Å². The molecule has 12 nitrogen and oxygen atoms in total. The predicted molar refractivity (Wildman–Crippen MR) is 147 cm³/mol. The molecule has 3 heterocycles. The van der Waals surface area contributed by atoms with Gasteiger partial charge < -0.3 is 23.2 Å². The molecule has 0 unspecified atom stereocenters. The van der Waals surface area contributed by atoms with Crippen molar-refractivity contribution < 1.29 is 23.5 Å². The predicted octanol–water partition coefficient (Wildman–Crippen LogP) is 4.42. The van der Waals surface area contributed by atoms with E-state index in [-0.39, 0.29) is 29.6 Å². The summed E-state index contributed by atoms with van der Waals surface area (Å²) >= 11 is 0. The van der Waals surface area contributed by atoms with Crippen LogP contribution in [0.1, 0.15) is 66.9 Å². The molecule has 41 heavy (non-hydrogen) atoms. The van der Waals surface area contributed by atoms with Gasteiger partial charge in [-0.1, -0.05) is 61.9 Å².